The lowest BCUT2D eigenvalue weighted by molar-refractivity contribution is 0.172. The summed E-state index contributed by atoms with van der Waals surface area (Å²) < 4.78 is 20.6. The van der Waals surface area contributed by atoms with Gasteiger partial charge in [0, 0.05) is 20.9 Å². The van der Waals surface area contributed by atoms with Crippen LogP contribution in [0.3, 0.4) is 0 Å². The van der Waals surface area contributed by atoms with E-state index in [0.717, 1.165) is 8.95 Å². The van der Waals surface area contributed by atoms with Gasteiger partial charge in [-0.15, -0.1) is 0 Å². The lowest BCUT2D eigenvalue weighted by Crippen LogP contribution is -2.05. The van der Waals surface area contributed by atoms with Crippen molar-refractivity contribution in [2.75, 3.05) is 7.11 Å². The van der Waals surface area contributed by atoms with Crippen LogP contribution < -0.4 is 4.74 Å². The maximum atomic E-state index is 13.7. The zero-order valence-corrected chi connectivity index (χ0v) is 13.9. The molecule has 0 saturated carbocycles. The standard InChI is InChI=1S/C15H13Br2FO2/c1-20-15-5-3-11(17)8-12(15)14(19)7-9-6-10(16)2-4-13(9)18/h2-6,8,14,19H,7H2,1H3. The number of ether oxygens (including phenoxy) is 1. The molecule has 20 heavy (non-hydrogen) atoms. The zero-order valence-electron chi connectivity index (χ0n) is 10.7. The maximum Gasteiger partial charge on any atom is 0.126 e. The molecule has 0 fully saturated rings. The highest BCUT2D eigenvalue weighted by Gasteiger charge is 2.16. The van der Waals surface area contributed by atoms with Crippen LogP contribution in [0.2, 0.25) is 0 Å². The van der Waals surface area contributed by atoms with E-state index in [1.165, 1.54) is 6.07 Å². The van der Waals surface area contributed by atoms with E-state index in [2.05, 4.69) is 31.9 Å². The smallest absolute Gasteiger partial charge is 0.126 e. The van der Waals surface area contributed by atoms with Crippen LogP contribution in [0, 0.1) is 5.82 Å². The van der Waals surface area contributed by atoms with Crippen molar-refractivity contribution in [2.45, 2.75) is 12.5 Å². The molecule has 0 aromatic heterocycles. The molecule has 0 amide bonds. The van der Waals surface area contributed by atoms with E-state index in [-0.39, 0.29) is 12.2 Å². The van der Waals surface area contributed by atoms with Crippen LogP contribution in [0.5, 0.6) is 5.75 Å². The highest BCUT2D eigenvalue weighted by atomic mass is 79.9. The summed E-state index contributed by atoms with van der Waals surface area (Å²) in [5, 5.41) is 10.3. The monoisotopic (exact) mass is 402 g/mol. The molecule has 2 rings (SSSR count). The molecule has 0 spiro atoms. The molecule has 0 aliphatic carbocycles. The molecule has 0 aliphatic heterocycles. The van der Waals surface area contributed by atoms with Gasteiger partial charge in [-0.2, -0.15) is 0 Å². The summed E-state index contributed by atoms with van der Waals surface area (Å²) in [4.78, 5) is 0. The Bertz CT molecular complexity index is 617. The summed E-state index contributed by atoms with van der Waals surface area (Å²) in [5.41, 5.74) is 1.08. The minimum Gasteiger partial charge on any atom is -0.496 e. The highest BCUT2D eigenvalue weighted by molar-refractivity contribution is 9.10. The van der Waals surface area contributed by atoms with E-state index in [1.807, 2.05) is 6.07 Å². The molecule has 2 aromatic carbocycles. The van der Waals surface area contributed by atoms with Gasteiger partial charge >= 0.3 is 0 Å². The topological polar surface area (TPSA) is 29.5 Å². The van der Waals surface area contributed by atoms with E-state index >= 15 is 0 Å². The molecule has 1 N–H and O–H groups in total. The van der Waals surface area contributed by atoms with Gasteiger partial charge in [-0.05, 0) is 42.0 Å². The fourth-order valence-corrected chi connectivity index (χ4v) is 2.77. The van der Waals surface area contributed by atoms with Crippen molar-refractivity contribution in [1.29, 1.82) is 0 Å². The van der Waals surface area contributed by atoms with Crippen molar-refractivity contribution in [3.05, 3.63) is 62.3 Å². The largest absolute Gasteiger partial charge is 0.496 e. The average molecular weight is 404 g/mol. The Morgan fingerprint density at radius 3 is 2.50 bits per heavy atom. The number of hydrogen-bond acceptors (Lipinski definition) is 2. The second kappa shape index (κ2) is 6.70. The van der Waals surface area contributed by atoms with Crippen LogP contribution in [0.1, 0.15) is 17.2 Å². The predicted octanol–water partition coefficient (Wildman–Crippen LogP) is 4.64. The Balaban J connectivity index is 2.30. The molecular weight excluding hydrogens is 391 g/mol. The van der Waals surface area contributed by atoms with E-state index in [0.29, 0.717) is 16.9 Å². The van der Waals surface area contributed by atoms with Gasteiger partial charge in [0.1, 0.15) is 11.6 Å². The van der Waals surface area contributed by atoms with Crippen molar-refractivity contribution in [1.82, 2.24) is 0 Å². The van der Waals surface area contributed by atoms with Crippen LogP contribution in [0.15, 0.2) is 45.3 Å². The van der Waals surface area contributed by atoms with Crippen molar-refractivity contribution < 1.29 is 14.2 Å². The van der Waals surface area contributed by atoms with Gasteiger partial charge in [-0.25, -0.2) is 4.39 Å². The van der Waals surface area contributed by atoms with Crippen LogP contribution in [-0.2, 0) is 6.42 Å². The van der Waals surface area contributed by atoms with E-state index < -0.39 is 6.10 Å². The molecular formula is C15H13Br2FO2. The predicted molar refractivity (Wildman–Crippen MR) is 83.5 cm³/mol. The number of halogens is 3. The molecule has 2 aromatic rings. The number of aliphatic hydroxyl groups is 1. The third-order valence-corrected chi connectivity index (χ3v) is 3.96. The van der Waals surface area contributed by atoms with Crippen LogP contribution in [-0.4, -0.2) is 12.2 Å². The third kappa shape index (κ3) is 3.59. The summed E-state index contributed by atoms with van der Waals surface area (Å²) in [6.45, 7) is 0. The van der Waals surface area contributed by atoms with Crippen LogP contribution >= 0.6 is 31.9 Å². The minimum absolute atomic E-state index is 0.179. The normalized spacial score (nSPS) is 12.2. The summed E-state index contributed by atoms with van der Waals surface area (Å²) in [6.07, 6.45) is -0.663. The van der Waals surface area contributed by atoms with Gasteiger partial charge in [0.15, 0.2) is 0 Å². The van der Waals surface area contributed by atoms with E-state index in [1.54, 1.807) is 31.4 Å². The Morgan fingerprint density at radius 1 is 1.15 bits per heavy atom. The molecule has 1 atom stereocenters. The minimum atomic E-state index is -0.841. The van der Waals surface area contributed by atoms with Crippen molar-refractivity contribution in [2.24, 2.45) is 0 Å². The number of methoxy groups -OCH3 is 1. The van der Waals surface area contributed by atoms with Crippen LogP contribution in [0.4, 0.5) is 4.39 Å². The molecule has 5 heteroatoms. The highest BCUT2D eigenvalue weighted by Crippen LogP contribution is 2.31. The van der Waals surface area contributed by atoms with Gasteiger partial charge in [0.05, 0.1) is 13.2 Å². The molecule has 1 unspecified atom stereocenters. The first kappa shape index (κ1) is 15.5. The van der Waals surface area contributed by atoms with E-state index in [9.17, 15) is 9.50 Å². The van der Waals surface area contributed by atoms with Crippen molar-refractivity contribution in [3.63, 3.8) is 0 Å². The Kier molecular flexibility index (Phi) is 5.18. The molecule has 0 bridgehead atoms. The van der Waals surface area contributed by atoms with Gasteiger partial charge in [0.2, 0.25) is 0 Å². The van der Waals surface area contributed by atoms with Crippen molar-refractivity contribution >= 4 is 31.9 Å². The zero-order chi connectivity index (χ0) is 14.7. The average Bonchev–Trinajstić information content (AvgIpc) is 2.42. The summed E-state index contributed by atoms with van der Waals surface area (Å²) in [7, 11) is 1.54. The van der Waals surface area contributed by atoms with E-state index in [4.69, 9.17) is 4.74 Å². The Hall–Kier alpha value is -0.910. The quantitative estimate of drug-likeness (QED) is 0.805. The molecule has 0 heterocycles. The van der Waals surface area contributed by atoms with Gasteiger partial charge in [-0.3, -0.25) is 0 Å². The van der Waals surface area contributed by atoms with Gasteiger partial charge in [0.25, 0.3) is 0 Å². The van der Waals surface area contributed by atoms with Gasteiger partial charge in [-0.1, -0.05) is 31.9 Å². The summed E-state index contributed by atoms with van der Waals surface area (Å²) in [5.74, 6) is 0.248. The number of aliphatic hydroxyl groups excluding tert-OH is 1. The first-order valence-corrected chi connectivity index (χ1v) is 7.55. The second-order valence-electron chi connectivity index (χ2n) is 4.34. The fraction of sp³-hybridized carbons (Fsp3) is 0.200. The number of hydrogen-bond donors (Lipinski definition) is 1. The van der Waals surface area contributed by atoms with Gasteiger partial charge < -0.3 is 9.84 Å². The molecule has 0 radical (unpaired) electrons. The summed E-state index contributed by atoms with van der Waals surface area (Å²) >= 11 is 6.66. The lowest BCUT2D eigenvalue weighted by atomic mass is 10.0. The second-order valence-corrected chi connectivity index (χ2v) is 6.17. The maximum absolute atomic E-state index is 13.7. The number of rotatable bonds is 4. The third-order valence-electron chi connectivity index (χ3n) is 2.97. The SMILES string of the molecule is COc1ccc(Br)cc1C(O)Cc1cc(Br)ccc1F. The first-order valence-electron chi connectivity index (χ1n) is 5.96. The fourth-order valence-electron chi connectivity index (χ4n) is 1.98. The molecule has 0 saturated heterocycles. The Morgan fingerprint density at radius 2 is 1.80 bits per heavy atom. The molecule has 2 nitrogen and oxygen atoms in total. The Labute approximate surface area is 133 Å². The lowest BCUT2D eigenvalue weighted by Gasteiger charge is -2.16. The first-order chi connectivity index (χ1) is 9.51. The molecule has 106 valence electrons. The summed E-state index contributed by atoms with van der Waals surface area (Å²) in [6, 6.07) is 10.0. The van der Waals surface area contributed by atoms with Crippen LogP contribution in [0.25, 0.3) is 0 Å². The van der Waals surface area contributed by atoms with Crippen molar-refractivity contribution in [3.8, 4) is 5.75 Å². The molecule has 0 aliphatic rings. The number of benzene rings is 2.